The summed E-state index contributed by atoms with van der Waals surface area (Å²) in [6.45, 7) is 0.971. The van der Waals surface area contributed by atoms with Crippen LogP contribution in [0.5, 0.6) is 0 Å². The standard InChI is InChI=1S/C11H18O/c1-2-6-10(7-3-1)11-8-4-5-9-12-11/h1-9H2. The fraction of sp³-hybridized carbons (Fsp3) is 0.818. The molecule has 2 rings (SSSR count). The molecule has 1 nitrogen and oxygen atoms in total. The second-order valence-corrected chi connectivity index (χ2v) is 3.89. The largest absolute Gasteiger partial charge is 0.498 e. The zero-order valence-electron chi connectivity index (χ0n) is 7.77. The molecule has 1 saturated carbocycles. The predicted octanol–water partition coefficient (Wildman–Crippen LogP) is 3.41. The summed E-state index contributed by atoms with van der Waals surface area (Å²) in [6.07, 6.45) is 10.7. The van der Waals surface area contributed by atoms with E-state index in [0.717, 1.165) is 6.61 Å². The van der Waals surface area contributed by atoms with E-state index in [-0.39, 0.29) is 0 Å². The molecule has 2 aliphatic rings. The molecule has 1 heterocycles. The zero-order valence-corrected chi connectivity index (χ0v) is 7.77. The van der Waals surface area contributed by atoms with Gasteiger partial charge in [-0.2, -0.15) is 0 Å². The molecule has 2 fully saturated rings. The van der Waals surface area contributed by atoms with E-state index in [0.29, 0.717) is 0 Å². The average Bonchev–Trinajstić information content (AvgIpc) is 2.21. The Morgan fingerprint density at radius 3 is 2.17 bits per heavy atom. The fourth-order valence-electron chi connectivity index (χ4n) is 2.19. The molecule has 1 aliphatic heterocycles. The smallest absolute Gasteiger partial charge is 0.0951 e. The number of hydrogen-bond donors (Lipinski definition) is 0. The van der Waals surface area contributed by atoms with Crippen LogP contribution in [0.3, 0.4) is 0 Å². The van der Waals surface area contributed by atoms with Crippen molar-refractivity contribution < 1.29 is 4.74 Å². The van der Waals surface area contributed by atoms with Crippen molar-refractivity contribution in [1.29, 1.82) is 0 Å². The van der Waals surface area contributed by atoms with Crippen molar-refractivity contribution in [2.75, 3.05) is 6.61 Å². The maximum Gasteiger partial charge on any atom is 0.0951 e. The first-order valence-corrected chi connectivity index (χ1v) is 5.30. The Morgan fingerprint density at radius 2 is 1.50 bits per heavy atom. The molecule has 0 amide bonds. The minimum atomic E-state index is 0.971. The molecule has 0 bridgehead atoms. The molecule has 0 aromatic carbocycles. The Labute approximate surface area is 74.8 Å². The van der Waals surface area contributed by atoms with Crippen molar-refractivity contribution in [3.8, 4) is 0 Å². The summed E-state index contributed by atoms with van der Waals surface area (Å²) in [6, 6.07) is 0. The molecule has 1 saturated heterocycles. The molecule has 1 aliphatic carbocycles. The molecule has 68 valence electrons. The number of hydrogen-bond acceptors (Lipinski definition) is 1. The molecule has 0 spiro atoms. The van der Waals surface area contributed by atoms with E-state index in [9.17, 15) is 0 Å². The topological polar surface area (TPSA) is 9.23 Å². The monoisotopic (exact) mass is 166 g/mol. The molecule has 1 heteroatoms. The van der Waals surface area contributed by atoms with E-state index in [1.54, 1.807) is 5.57 Å². The summed E-state index contributed by atoms with van der Waals surface area (Å²) >= 11 is 0. The van der Waals surface area contributed by atoms with Gasteiger partial charge in [-0.15, -0.1) is 0 Å². The lowest BCUT2D eigenvalue weighted by atomic mass is 9.92. The summed E-state index contributed by atoms with van der Waals surface area (Å²) in [4.78, 5) is 0. The highest BCUT2D eigenvalue weighted by Gasteiger charge is 2.14. The van der Waals surface area contributed by atoms with Crippen molar-refractivity contribution >= 4 is 0 Å². The van der Waals surface area contributed by atoms with Gasteiger partial charge in [-0.05, 0) is 44.1 Å². The SMILES string of the molecule is C1CCC(=C2CCCCO2)CC1. The van der Waals surface area contributed by atoms with Crippen LogP contribution in [-0.4, -0.2) is 6.61 Å². The maximum absolute atomic E-state index is 5.70. The van der Waals surface area contributed by atoms with Crippen molar-refractivity contribution in [2.24, 2.45) is 0 Å². The summed E-state index contributed by atoms with van der Waals surface area (Å²) < 4.78 is 5.70. The van der Waals surface area contributed by atoms with Gasteiger partial charge >= 0.3 is 0 Å². The van der Waals surface area contributed by atoms with Crippen LogP contribution in [0, 0.1) is 0 Å². The third kappa shape index (κ3) is 1.82. The van der Waals surface area contributed by atoms with Crippen LogP contribution >= 0.6 is 0 Å². The maximum atomic E-state index is 5.70. The molecule has 0 atom stereocenters. The quantitative estimate of drug-likeness (QED) is 0.536. The van der Waals surface area contributed by atoms with Gasteiger partial charge in [-0.1, -0.05) is 6.42 Å². The van der Waals surface area contributed by atoms with Crippen LogP contribution < -0.4 is 0 Å². The number of ether oxygens (including phenoxy) is 1. The van der Waals surface area contributed by atoms with Gasteiger partial charge in [-0.25, -0.2) is 0 Å². The Kier molecular flexibility index (Phi) is 2.70. The fourth-order valence-corrected chi connectivity index (χ4v) is 2.19. The van der Waals surface area contributed by atoms with Crippen molar-refractivity contribution in [3.63, 3.8) is 0 Å². The molecule has 0 unspecified atom stereocenters. The summed E-state index contributed by atoms with van der Waals surface area (Å²) in [7, 11) is 0. The van der Waals surface area contributed by atoms with Gasteiger partial charge in [0.2, 0.25) is 0 Å². The highest BCUT2D eigenvalue weighted by Crippen LogP contribution is 2.30. The first-order chi connectivity index (χ1) is 5.97. The summed E-state index contributed by atoms with van der Waals surface area (Å²) in [5.41, 5.74) is 1.64. The molecular formula is C11H18O. The van der Waals surface area contributed by atoms with Gasteiger partial charge in [0.25, 0.3) is 0 Å². The minimum absolute atomic E-state index is 0.971. The third-order valence-corrected chi connectivity index (χ3v) is 2.93. The zero-order chi connectivity index (χ0) is 8.23. The van der Waals surface area contributed by atoms with Crippen LogP contribution in [0.4, 0.5) is 0 Å². The summed E-state index contributed by atoms with van der Waals surface area (Å²) in [5.74, 6) is 1.36. The van der Waals surface area contributed by atoms with Crippen molar-refractivity contribution in [3.05, 3.63) is 11.3 Å². The number of allylic oxidation sites excluding steroid dienone is 2. The lowest BCUT2D eigenvalue weighted by molar-refractivity contribution is 0.160. The molecule has 0 aromatic heterocycles. The Hall–Kier alpha value is -0.460. The Balaban J connectivity index is 2.00. The predicted molar refractivity (Wildman–Crippen MR) is 49.9 cm³/mol. The van der Waals surface area contributed by atoms with E-state index in [1.807, 2.05) is 0 Å². The van der Waals surface area contributed by atoms with E-state index >= 15 is 0 Å². The second-order valence-electron chi connectivity index (χ2n) is 3.89. The van der Waals surface area contributed by atoms with Crippen LogP contribution in [0.25, 0.3) is 0 Å². The molecule has 0 aromatic rings. The average molecular weight is 166 g/mol. The normalized spacial score (nSPS) is 25.3. The van der Waals surface area contributed by atoms with Gasteiger partial charge in [0, 0.05) is 6.42 Å². The lowest BCUT2D eigenvalue weighted by Gasteiger charge is -2.22. The van der Waals surface area contributed by atoms with Gasteiger partial charge in [0.1, 0.15) is 0 Å². The molecule has 0 radical (unpaired) electrons. The second kappa shape index (κ2) is 3.97. The van der Waals surface area contributed by atoms with E-state index < -0.39 is 0 Å². The lowest BCUT2D eigenvalue weighted by Crippen LogP contribution is -2.08. The van der Waals surface area contributed by atoms with E-state index in [2.05, 4.69) is 0 Å². The molecular weight excluding hydrogens is 148 g/mol. The van der Waals surface area contributed by atoms with E-state index in [4.69, 9.17) is 4.74 Å². The van der Waals surface area contributed by atoms with Gasteiger partial charge < -0.3 is 4.74 Å². The van der Waals surface area contributed by atoms with Crippen molar-refractivity contribution in [2.45, 2.75) is 51.4 Å². The summed E-state index contributed by atoms with van der Waals surface area (Å²) in [5, 5.41) is 0. The molecule has 0 N–H and O–H groups in total. The highest BCUT2D eigenvalue weighted by atomic mass is 16.5. The third-order valence-electron chi connectivity index (χ3n) is 2.93. The van der Waals surface area contributed by atoms with Crippen LogP contribution in [0.15, 0.2) is 11.3 Å². The van der Waals surface area contributed by atoms with Crippen LogP contribution in [0.1, 0.15) is 51.4 Å². The Morgan fingerprint density at radius 1 is 0.750 bits per heavy atom. The number of rotatable bonds is 0. The van der Waals surface area contributed by atoms with E-state index in [1.165, 1.54) is 57.1 Å². The first kappa shape index (κ1) is 8.15. The first-order valence-electron chi connectivity index (χ1n) is 5.30. The molecule has 12 heavy (non-hydrogen) atoms. The minimum Gasteiger partial charge on any atom is -0.498 e. The van der Waals surface area contributed by atoms with Gasteiger partial charge in [0.15, 0.2) is 0 Å². The van der Waals surface area contributed by atoms with Gasteiger partial charge in [-0.3, -0.25) is 0 Å². The van der Waals surface area contributed by atoms with Crippen LogP contribution in [-0.2, 0) is 4.74 Å². The van der Waals surface area contributed by atoms with Gasteiger partial charge in [0.05, 0.1) is 12.4 Å². The van der Waals surface area contributed by atoms with Crippen molar-refractivity contribution in [1.82, 2.24) is 0 Å². The Bertz CT molecular complexity index is 145. The highest BCUT2D eigenvalue weighted by molar-refractivity contribution is 5.11. The van der Waals surface area contributed by atoms with Crippen LogP contribution in [0.2, 0.25) is 0 Å².